The molecule has 2 rings (SSSR count). The van der Waals surface area contributed by atoms with Gasteiger partial charge in [0.15, 0.2) is 0 Å². The van der Waals surface area contributed by atoms with Gasteiger partial charge < -0.3 is 0 Å². The van der Waals surface area contributed by atoms with Crippen molar-refractivity contribution < 1.29 is 0 Å². The van der Waals surface area contributed by atoms with E-state index in [1.165, 1.54) is 32.1 Å². The fourth-order valence-electron chi connectivity index (χ4n) is 2.18. The molecule has 0 spiro atoms. The van der Waals surface area contributed by atoms with E-state index in [0.717, 1.165) is 11.8 Å². The summed E-state index contributed by atoms with van der Waals surface area (Å²) < 4.78 is 0. The van der Waals surface area contributed by atoms with E-state index in [-0.39, 0.29) is 0 Å². The summed E-state index contributed by atoms with van der Waals surface area (Å²) in [5.41, 5.74) is 0. The first-order chi connectivity index (χ1) is 4.45. The summed E-state index contributed by atoms with van der Waals surface area (Å²) in [6, 6.07) is 0. The molecule has 2 bridgehead atoms. The third-order valence-electron chi connectivity index (χ3n) is 2.67. The van der Waals surface area contributed by atoms with E-state index in [9.17, 15) is 0 Å². The predicted octanol–water partition coefficient (Wildman–Crippen LogP) is 2.61. The summed E-state index contributed by atoms with van der Waals surface area (Å²) in [4.78, 5) is 0. The van der Waals surface area contributed by atoms with Gasteiger partial charge in [0, 0.05) is 0 Å². The fourth-order valence-corrected chi connectivity index (χ4v) is 2.18. The Balaban J connectivity index is 1.96. The van der Waals surface area contributed by atoms with E-state index in [1.807, 2.05) is 0 Å². The zero-order valence-corrected chi connectivity index (χ0v) is 5.84. The molecule has 2 radical (unpaired) electrons. The van der Waals surface area contributed by atoms with Crippen LogP contribution in [-0.4, -0.2) is 0 Å². The van der Waals surface area contributed by atoms with Gasteiger partial charge in [-0.15, -0.1) is 0 Å². The Labute approximate surface area is 57.6 Å². The highest BCUT2D eigenvalue weighted by Crippen LogP contribution is 2.38. The molecule has 0 N–H and O–H groups in total. The number of fused-ring (bicyclic) bond motifs is 2. The van der Waals surface area contributed by atoms with Crippen LogP contribution in [-0.2, 0) is 0 Å². The standard InChI is InChI=1S/C9H14/c1-3-8-5-2-6-9(4-1)7-8/h1-2,8-9H,3-7H2. The van der Waals surface area contributed by atoms with Crippen molar-refractivity contribution in [1.29, 1.82) is 0 Å². The third-order valence-corrected chi connectivity index (χ3v) is 2.67. The maximum Gasteiger partial charge on any atom is -0.0380 e. The van der Waals surface area contributed by atoms with Crippen molar-refractivity contribution in [2.75, 3.05) is 0 Å². The van der Waals surface area contributed by atoms with Crippen LogP contribution in [0.15, 0.2) is 0 Å². The molecule has 0 atom stereocenters. The maximum absolute atomic E-state index is 2.49. The highest BCUT2D eigenvalue weighted by molar-refractivity contribution is 4.92. The Morgan fingerprint density at radius 2 is 1.22 bits per heavy atom. The van der Waals surface area contributed by atoms with Crippen LogP contribution in [0.1, 0.15) is 32.1 Å². The SMILES string of the molecule is [CH]1CC2C[CH]CC(C1)C2. The molecule has 0 aromatic carbocycles. The van der Waals surface area contributed by atoms with E-state index in [4.69, 9.17) is 0 Å². The van der Waals surface area contributed by atoms with Gasteiger partial charge in [-0.1, -0.05) is 0 Å². The molecule has 2 aliphatic rings. The molecule has 0 aromatic heterocycles. The van der Waals surface area contributed by atoms with Crippen LogP contribution < -0.4 is 0 Å². The van der Waals surface area contributed by atoms with Crippen molar-refractivity contribution in [2.45, 2.75) is 32.1 Å². The van der Waals surface area contributed by atoms with Gasteiger partial charge >= 0.3 is 0 Å². The Kier molecular flexibility index (Phi) is 1.48. The molecular formula is C9H14. The minimum absolute atomic E-state index is 1.04. The Morgan fingerprint density at radius 1 is 0.778 bits per heavy atom. The van der Waals surface area contributed by atoms with Gasteiger partial charge in [-0.05, 0) is 56.8 Å². The minimum Gasteiger partial charge on any atom is -0.0475 e. The maximum atomic E-state index is 2.49. The Bertz CT molecular complexity index is 76.2. The summed E-state index contributed by atoms with van der Waals surface area (Å²) in [5.74, 6) is 2.08. The molecule has 0 heteroatoms. The molecule has 0 unspecified atom stereocenters. The molecule has 2 aliphatic carbocycles. The highest BCUT2D eigenvalue weighted by atomic mass is 14.3. The lowest BCUT2D eigenvalue weighted by molar-refractivity contribution is 0.265. The molecule has 0 amide bonds. The van der Waals surface area contributed by atoms with Crippen LogP contribution in [0.25, 0.3) is 0 Å². The summed E-state index contributed by atoms with van der Waals surface area (Å²) in [6.07, 6.45) is 12.1. The fraction of sp³-hybridized carbons (Fsp3) is 0.778. The molecule has 0 saturated heterocycles. The van der Waals surface area contributed by atoms with Gasteiger partial charge in [-0.3, -0.25) is 0 Å². The van der Waals surface area contributed by atoms with E-state index >= 15 is 0 Å². The van der Waals surface area contributed by atoms with Gasteiger partial charge in [0.25, 0.3) is 0 Å². The topological polar surface area (TPSA) is 0 Å². The van der Waals surface area contributed by atoms with Crippen molar-refractivity contribution in [2.24, 2.45) is 11.8 Å². The Morgan fingerprint density at radius 3 is 1.56 bits per heavy atom. The van der Waals surface area contributed by atoms with Gasteiger partial charge in [0.1, 0.15) is 0 Å². The molecule has 2 fully saturated rings. The predicted molar refractivity (Wildman–Crippen MR) is 38.7 cm³/mol. The second kappa shape index (κ2) is 2.32. The second-order valence-electron chi connectivity index (χ2n) is 3.49. The average Bonchev–Trinajstić information content (AvgIpc) is 1.88. The summed E-state index contributed by atoms with van der Waals surface area (Å²) >= 11 is 0. The first-order valence-corrected chi connectivity index (χ1v) is 4.08. The van der Waals surface area contributed by atoms with Gasteiger partial charge in [0.05, 0.1) is 0 Å². The van der Waals surface area contributed by atoms with Gasteiger partial charge in [0.2, 0.25) is 0 Å². The molecular weight excluding hydrogens is 108 g/mol. The molecule has 0 aliphatic heterocycles. The van der Waals surface area contributed by atoms with E-state index in [1.54, 1.807) is 0 Å². The molecule has 0 nitrogen and oxygen atoms in total. The van der Waals surface area contributed by atoms with Crippen LogP contribution in [0, 0.1) is 24.7 Å². The molecule has 50 valence electrons. The van der Waals surface area contributed by atoms with Crippen molar-refractivity contribution in [1.82, 2.24) is 0 Å². The largest absolute Gasteiger partial charge is 0.0475 e. The zero-order chi connectivity index (χ0) is 6.10. The molecule has 0 heterocycles. The van der Waals surface area contributed by atoms with Crippen molar-refractivity contribution in [3.63, 3.8) is 0 Å². The van der Waals surface area contributed by atoms with E-state index in [2.05, 4.69) is 12.8 Å². The first-order valence-electron chi connectivity index (χ1n) is 4.08. The van der Waals surface area contributed by atoms with E-state index < -0.39 is 0 Å². The van der Waals surface area contributed by atoms with Gasteiger partial charge in [-0.2, -0.15) is 0 Å². The smallest absolute Gasteiger partial charge is 0.0380 e. The average molecular weight is 122 g/mol. The lowest BCUT2D eigenvalue weighted by Crippen LogP contribution is -2.20. The van der Waals surface area contributed by atoms with E-state index in [0.29, 0.717) is 0 Å². The summed E-state index contributed by atoms with van der Waals surface area (Å²) in [7, 11) is 0. The molecule has 2 saturated carbocycles. The lowest BCUT2D eigenvalue weighted by Gasteiger charge is -2.33. The summed E-state index contributed by atoms with van der Waals surface area (Å²) in [6.45, 7) is 0. The zero-order valence-electron chi connectivity index (χ0n) is 5.84. The highest BCUT2D eigenvalue weighted by Gasteiger charge is 2.25. The first kappa shape index (κ1) is 5.76. The van der Waals surface area contributed by atoms with Crippen LogP contribution in [0.5, 0.6) is 0 Å². The van der Waals surface area contributed by atoms with Crippen LogP contribution in [0.3, 0.4) is 0 Å². The minimum atomic E-state index is 1.04. The quantitative estimate of drug-likeness (QED) is 0.463. The molecule has 9 heavy (non-hydrogen) atoms. The van der Waals surface area contributed by atoms with Crippen LogP contribution in [0.4, 0.5) is 0 Å². The monoisotopic (exact) mass is 122 g/mol. The van der Waals surface area contributed by atoms with Gasteiger partial charge in [-0.25, -0.2) is 0 Å². The third kappa shape index (κ3) is 1.12. The van der Waals surface area contributed by atoms with Crippen molar-refractivity contribution >= 4 is 0 Å². The lowest BCUT2D eigenvalue weighted by atomic mass is 9.72. The van der Waals surface area contributed by atoms with Crippen LogP contribution in [0.2, 0.25) is 0 Å². The molecule has 0 aromatic rings. The van der Waals surface area contributed by atoms with Crippen LogP contribution >= 0.6 is 0 Å². The number of rotatable bonds is 0. The Hall–Kier alpha value is 0. The normalized spacial score (nSPS) is 42.7. The van der Waals surface area contributed by atoms with Crippen molar-refractivity contribution in [3.05, 3.63) is 12.8 Å². The summed E-state index contributed by atoms with van der Waals surface area (Å²) in [5, 5.41) is 0. The number of hydrogen-bond donors (Lipinski definition) is 0. The second-order valence-corrected chi connectivity index (χ2v) is 3.49. The number of hydrogen-bond acceptors (Lipinski definition) is 0. The van der Waals surface area contributed by atoms with Crippen molar-refractivity contribution in [3.8, 4) is 0 Å².